The molecule has 0 aromatic rings. The Kier molecular flexibility index (Phi) is 1.71. The lowest BCUT2D eigenvalue weighted by Crippen LogP contribution is -2.57. The van der Waals surface area contributed by atoms with Gasteiger partial charge in [0.25, 0.3) is 0 Å². The van der Waals surface area contributed by atoms with Crippen LogP contribution in [0.3, 0.4) is 0 Å². The standard InChI is InChI=1S/C7H14NOP/c1-9-7-3-5-2-6(4-7)8(5)10/h5-7H,2-4,10H2,1H3. The van der Waals surface area contributed by atoms with Crippen molar-refractivity contribution >= 4 is 9.39 Å². The van der Waals surface area contributed by atoms with E-state index in [2.05, 4.69) is 14.1 Å². The van der Waals surface area contributed by atoms with Crippen molar-refractivity contribution in [3.63, 3.8) is 0 Å². The SMILES string of the molecule is COC1CC2CC(C1)N2P. The second-order valence-corrected chi connectivity index (χ2v) is 3.92. The van der Waals surface area contributed by atoms with Gasteiger partial charge in [-0.25, -0.2) is 0 Å². The molecular weight excluding hydrogens is 145 g/mol. The molecule has 1 saturated carbocycles. The first kappa shape index (κ1) is 7.02. The maximum atomic E-state index is 5.30. The summed E-state index contributed by atoms with van der Waals surface area (Å²) < 4.78 is 7.70. The molecule has 2 saturated heterocycles. The summed E-state index contributed by atoms with van der Waals surface area (Å²) >= 11 is 0. The van der Waals surface area contributed by atoms with Crippen LogP contribution in [0, 0.1) is 0 Å². The van der Waals surface area contributed by atoms with Crippen LogP contribution in [0.2, 0.25) is 0 Å². The zero-order valence-corrected chi connectivity index (χ0v) is 7.44. The van der Waals surface area contributed by atoms with Gasteiger partial charge in [0.15, 0.2) is 0 Å². The molecule has 2 heterocycles. The summed E-state index contributed by atoms with van der Waals surface area (Å²) in [5.74, 6) is 0. The Morgan fingerprint density at radius 2 is 1.90 bits per heavy atom. The van der Waals surface area contributed by atoms with Gasteiger partial charge in [0.2, 0.25) is 0 Å². The lowest BCUT2D eigenvalue weighted by atomic mass is 9.81. The zero-order chi connectivity index (χ0) is 7.14. The first-order valence-electron chi connectivity index (χ1n) is 3.87. The molecule has 3 heteroatoms. The van der Waals surface area contributed by atoms with Gasteiger partial charge >= 0.3 is 0 Å². The van der Waals surface area contributed by atoms with Gasteiger partial charge in [-0.1, -0.05) is 9.39 Å². The first-order valence-corrected chi connectivity index (χ1v) is 4.38. The highest BCUT2D eigenvalue weighted by Gasteiger charge is 2.43. The number of rotatable bonds is 1. The molecule has 3 fully saturated rings. The quantitative estimate of drug-likeness (QED) is 0.530. The van der Waals surface area contributed by atoms with E-state index < -0.39 is 0 Å². The van der Waals surface area contributed by atoms with Crippen molar-refractivity contribution in [1.29, 1.82) is 0 Å². The number of ether oxygens (including phenoxy) is 1. The number of nitrogens with zero attached hydrogens (tertiary/aromatic N) is 1. The molecule has 3 rings (SSSR count). The van der Waals surface area contributed by atoms with Gasteiger partial charge in [-0.15, -0.1) is 0 Å². The van der Waals surface area contributed by atoms with E-state index in [0.717, 1.165) is 12.1 Å². The third-order valence-corrected chi connectivity index (χ3v) is 3.63. The monoisotopic (exact) mass is 159 g/mol. The molecular formula is C7H14NOP. The second-order valence-electron chi connectivity index (χ2n) is 3.32. The highest BCUT2D eigenvalue weighted by atomic mass is 31.0. The summed E-state index contributed by atoms with van der Waals surface area (Å²) in [5, 5.41) is 0. The first-order chi connectivity index (χ1) is 4.81. The third-order valence-electron chi connectivity index (χ3n) is 2.79. The van der Waals surface area contributed by atoms with Crippen molar-refractivity contribution in [2.75, 3.05) is 7.11 Å². The molecule has 0 aromatic carbocycles. The van der Waals surface area contributed by atoms with E-state index in [4.69, 9.17) is 4.74 Å². The van der Waals surface area contributed by atoms with Gasteiger partial charge in [-0.3, -0.25) is 4.67 Å². The van der Waals surface area contributed by atoms with Crippen molar-refractivity contribution in [3.8, 4) is 0 Å². The van der Waals surface area contributed by atoms with Crippen LogP contribution in [0.1, 0.15) is 19.3 Å². The fraction of sp³-hybridized carbons (Fsp3) is 1.00. The van der Waals surface area contributed by atoms with Crippen LogP contribution in [-0.4, -0.2) is 30.0 Å². The van der Waals surface area contributed by atoms with Crippen LogP contribution in [0.4, 0.5) is 0 Å². The van der Waals surface area contributed by atoms with E-state index in [1.807, 2.05) is 7.11 Å². The van der Waals surface area contributed by atoms with Gasteiger partial charge in [0.1, 0.15) is 0 Å². The van der Waals surface area contributed by atoms with Crippen molar-refractivity contribution in [3.05, 3.63) is 0 Å². The number of piperidine rings is 1. The summed E-state index contributed by atoms with van der Waals surface area (Å²) in [5.41, 5.74) is 0. The van der Waals surface area contributed by atoms with E-state index in [1.54, 1.807) is 0 Å². The zero-order valence-electron chi connectivity index (χ0n) is 6.29. The van der Waals surface area contributed by atoms with Crippen molar-refractivity contribution in [2.45, 2.75) is 37.5 Å². The Balaban J connectivity index is 1.93. The van der Waals surface area contributed by atoms with Crippen LogP contribution < -0.4 is 0 Å². The number of methoxy groups -OCH3 is 1. The minimum atomic E-state index is 0.542. The predicted molar refractivity (Wildman–Crippen MR) is 43.8 cm³/mol. The molecule has 0 N–H and O–H groups in total. The largest absolute Gasteiger partial charge is 0.381 e. The van der Waals surface area contributed by atoms with Crippen molar-refractivity contribution in [1.82, 2.24) is 4.67 Å². The Labute approximate surface area is 64.2 Å². The fourth-order valence-electron chi connectivity index (χ4n) is 2.05. The van der Waals surface area contributed by atoms with E-state index >= 15 is 0 Å². The smallest absolute Gasteiger partial charge is 0.0601 e. The van der Waals surface area contributed by atoms with E-state index in [0.29, 0.717) is 6.10 Å². The Morgan fingerprint density at radius 1 is 1.30 bits per heavy atom. The summed E-state index contributed by atoms with van der Waals surface area (Å²) in [4.78, 5) is 0. The predicted octanol–water partition coefficient (Wildman–Crippen LogP) is 1.03. The van der Waals surface area contributed by atoms with Crippen LogP contribution in [0.25, 0.3) is 0 Å². The van der Waals surface area contributed by atoms with Crippen LogP contribution in [0.5, 0.6) is 0 Å². The van der Waals surface area contributed by atoms with Gasteiger partial charge in [-0.2, -0.15) is 0 Å². The van der Waals surface area contributed by atoms with Gasteiger partial charge < -0.3 is 4.74 Å². The maximum Gasteiger partial charge on any atom is 0.0601 e. The average molecular weight is 159 g/mol. The molecule has 3 unspecified atom stereocenters. The molecule has 1 aliphatic carbocycles. The second kappa shape index (κ2) is 2.44. The van der Waals surface area contributed by atoms with Crippen LogP contribution in [0.15, 0.2) is 0 Å². The van der Waals surface area contributed by atoms with Crippen molar-refractivity contribution in [2.24, 2.45) is 0 Å². The minimum absolute atomic E-state index is 0.542. The Hall–Kier alpha value is 0.350. The summed E-state index contributed by atoms with van der Waals surface area (Å²) in [7, 11) is 4.63. The molecule has 0 spiro atoms. The highest BCUT2D eigenvalue weighted by Crippen LogP contribution is 2.41. The lowest BCUT2D eigenvalue weighted by molar-refractivity contribution is -0.0420. The summed E-state index contributed by atoms with van der Waals surface area (Å²) in [6.07, 6.45) is 4.40. The molecule has 10 heavy (non-hydrogen) atoms. The molecule has 0 amide bonds. The Morgan fingerprint density at radius 3 is 2.30 bits per heavy atom. The summed E-state index contributed by atoms with van der Waals surface area (Å²) in [6, 6.07) is 1.60. The lowest BCUT2D eigenvalue weighted by Gasteiger charge is -2.52. The molecule has 58 valence electrons. The fourth-order valence-corrected chi connectivity index (χ4v) is 2.54. The van der Waals surface area contributed by atoms with Gasteiger partial charge in [0.05, 0.1) is 6.10 Å². The molecule has 2 bridgehead atoms. The average Bonchev–Trinajstić information content (AvgIpc) is 2.04. The molecule has 2 nitrogen and oxygen atoms in total. The summed E-state index contributed by atoms with van der Waals surface area (Å²) in [6.45, 7) is 0. The topological polar surface area (TPSA) is 12.5 Å². The number of fused-ring (bicyclic) bond motifs is 2. The molecule has 0 radical (unpaired) electrons. The van der Waals surface area contributed by atoms with E-state index in [9.17, 15) is 0 Å². The van der Waals surface area contributed by atoms with E-state index in [-0.39, 0.29) is 0 Å². The van der Waals surface area contributed by atoms with Crippen molar-refractivity contribution < 1.29 is 4.74 Å². The maximum absolute atomic E-state index is 5.30. The molecule has 0 aromatic heterocycles. The number of hydrogen-bond acceptors (Lipinski definition) is 2. The highest BCUT2D eigenvalue weighted by molar-refractivity contribution is 7.13. The molecule has 3 atom stereocenters. The third kappa shape index (κ3) is 0.903. The minimum Gasteiger partial charge on any atom is -0.381 e. The molecule has 2 aliphatic heterocycles. The van der Waals surface area contributed by atoms with Crippen LogP contribution in [-0.2, 0) is 4.74 Å². The molecule has 3 aliphatic rings. The normalized spacial score (nSPS) is 46.8. The Bertz CT molecular complexity index is 130. The number of hydrogen-bond donors (Lipinski definition) is 0. The van der Waals surface area contributed by atoms with Crippen LogP contribution >= 0.6 is 9.39 Å². The van der Waals surface area contributed by atoms with Gasteiger partial charge in [-0.05, 0) is 19.3 Å². The van der Waals surface area contributed by atoms with Gasteiger partial charge in [0, 0.05) is 19.2 Å². The van der Waals surface area contributed by atoms with E-state index in [1.165, 1.54) is 19.3 Å².